The molecule has 1 N–H and O–H groups in total. The van der Waals surface area contributed by atoms with Gasteiger partial charge in [0.05, 0.1) is 7.11 Å². The Balaban J connectivity index is 1.78. The third-order valence-corrected chi connectivity index (χ3v) is 3.86. The molecule has 0 radical (unpaired) electrons. The van der Waals surface area contributed by atoms with Crippen molar-refractivity contribution in [3.8, 4) is 11.5 Å². The lowest BCUT2D eigenvalue weighted by Gasteiger charge is -2.12. The number of imidazole rings is 1. The van der Waals surface area contributed by atoms with E-state index in [1.54, 1.807) is 34.9 Å². The van der Waals surface area contributed by atoms with Gasteiger partial charge in [-0.15, -0.1) is 0 Å². The number of alkyl halides is 2. The molecule has 136 valence electrons. The number of benzene rings is 1. The predicted octanol–water partition coefficient (Wildman–Crippen LogP) is 3.53. The van der Waals surface area contributed by atoms with Crippen LogP contribution in [0.15, 0.2) is 42.6 Å². The van der Waals surface area contributed by atoms with Gasteiger partial charge in [-0.3, -0.25) is 9.20 Å². The molecule has 26 heavy (non-hydrogen) atoms. The normalized spacial score (nSPS) is 11.0. The second-order valence-electron chi connectivity index (χ2n) is 5.23. The van der Waals surface area contributed by atoms with E-state index in [-0.39, 0.29) is 28.9 Å². The lowest BCUT2D eigenvalue weighted by molar-refractivity contribution is -0.0512. The third kappa shape index (κ3) is 3.70. The van der Waals surface area contributed by atoms with Crippen LogP contribution in [-0.4, -0.2) is 29.0 Å². The molecule has 0 unspecified atom stereocenters. The van der Waals surface area contributed by atoms with Gasteiger partial charge in [-0.05, 0) is 29.8 Å². The number of methoxy groups -OCH3 is 1. The standard InChI is InChI=1S/C17H14ClF2N3O3/c1-25-11-6-5-10(8-12(11)26-17(19)20)9-21-16(24)14-15(18)22-13-4-2-3-7-23(13)14/h2-8,17H,9H2,1H3,(H,21,24). The summed E-state index contributed by atoms with van der Waals surface area (Å²) in [5, 5.41) is 2.76. The Kier molecular flexibility index (Phi) is 5.22. The number of fused-ring (bicyclic) bond motifs is 1. The Morgan fingerprint density at radius 1 is 1.31 bits per heavy atom. The molecule has 0 aliphatic rings. The monoisotopic (exact) mass is 381 g/mol. The molecule has 0 aliphatic heterocycles. The lowest BCUT2D eigenvalue weighted by atomic mass is 10.2. The largest absolute Gasteiger partial charge is 0.493 e. The van der Waals surface area contributed by atoms with Gasteiger partial charge in [0, 0.05) is 12.7 Å². The molecule has 0 atom stereocenters. The molecule has 3 rings (SSSR count). The van der Waals surface area contributed by atoms with Gasteiger partial charge in [-0.25, -0.2) is 4.98 Å². The summed E-state index contributed by atoms with van der Waals surface area (Å²) in [6.07, 6.45) is 1.67. The lowest BCUT2D eigenvalue weighted by Crippen LogP contribution is -2.24. The number of aromatic nitrogens is 2. The number of hydrogen-bond donors (Lipinski definition) is 1. The quantitative estimate of drug-likeness (QED) is 0.709. The van der Waals surface area contributed by atoms with E-state index >= 15 is 0 Å². The molecule has 0 bridgehead atoms. The van der Waals surface area contributed by atoms with Crippen molar-refractivity contribution < 1.29 is 23.0 Å². The van der Waals surface area contributed by atoms with Crippen molar-refractivity contribution in [1.82, 2.24) is 14.7 Å². The molecule has 9 heteroatoms. The average Bonchev–Trinajstić information content (AvgIpc) is 2.95. The second-order valence-corrected chi connectivity index (χ2v) is 5.58. The first kappa shape index (κ1) is 17.9. The molecule has 2 heterocycles. The Morgan fingerprint density at radius 3 is 2.85 bits per heavy atom. The summed E-state index contributed by atoms with van der Waals surface area (Å²) in [7, 11) is 1.35. The molecule has 2 aromatic heterocycles. The Hall–Kier alpha value is -2.87. The van der Waals surface area contributed by atoms with Gasteiger partial charge in [0.25, 0.3) is 5.91 Å². The zero-order valence-electron chi connectivity index (χ0n) is 13.6. The topological polar surface area (TPSA) is 64.9 Å². The summed E-state index contributed by atoms with van der Waals surface area (Å²) in [4.78, 5) is 16.6. The zero-order chi connectivity index (χ0) is 18.7. The molecule has 0 saturated heterocycles. The minimum atomic E-state index is -2.98. The molecule has 3 aromatic rings. The van der Waals surface area contributed by atoms with Gasteiger partial charge in [0.15, 0.2) is 22.3 Å². The molecule has 0 spiro atoms. The van der Waals surface area contributed by atoms with Crippen molar-refractivity contribution in [2.75, 3.05) is 7.11 Å². The summed E-state index contributed by atoms with van der Waals surface area (Å²) in [6, 6.07) is 9.75. The van der Waals surface area contributed by atoms with Crippen LogP contribution in [0.3, 0.4) is 0 Å². The number of ether oxygens (including phenoxy) is 2. The molecule has 0 fully saturated rings. The van der Waals surface area contributed by atoms with Crippen LogP contribution < -0.4 is 14.8 Å². The minimum absolute atomic E-state index is 0.0742. The van der Waals surface area contributed by atoms with E-state index in [2.05, 4.69) is 15.0 Å². The smallest absolute Gasteiger partial charge is 0.387 e. The Morgan fingerprint density at radius 2 is 2.12 bits per heavy atom. The van der Waals surface area contributed by atoms with Crippen LogP contribution in [0.2, 0.25) is 5.15 Å². The molecular weight excluding hydrogens is 368 g/mol. The highest BCUT2D eigenvalue weighted by Gasteiger charge is 2.18. The van der Waals surface area contributed by atoms with E-state index in [9.17, 15) is 13.6 Å². The minimum Gasteiger partial charge on any atom is -0.493 e. The fourth-order valence-corrected chi connectivity index (χ4v) is 2.72. The first-order valence-corrected chi connectivity index (χ1v) is 7.90. The summed E-state index contributed by atoms with van der Waals surface area (Å²) < 4.78 is 35.9. The summed E-state index contributed by atoms with van der Waals surface area (Å²) in [6.45, 7) is -2.90. The average molecular weight is 382 g/mol. The van der Waals surface area contributed by atoms with Crippen LogP contribution in [0.1, 0.15) is 16.1 Å². The number of nitrogens with one attached hydrogen (secondary N) is 1. The SMILES string of the molecule is COc1ccc(CNC(=O)c2c(Cl)nc3ccccn23)cc1OC(F)F. The van der Waals surface area contributed by atoms with Crippen LogP contribution in [-0.2, 0) is 6.54 Å². The summed E-state index contributed by atoms with van der Waals surface area (Å²) >= 11 is 6.05. The molecule has 6 nitrogen and oxygen atoms in total. The first-order valence-electron chi connectivity index (χ1n) is 7.52. The van der Waals surface area contributed by atoms with Gasteiger partial charge in [-0.2, -0.15) is 8.78 Å². The molecular formula is C17H14ClF2N3O3. The van der Waals surface area contributed by atoms with Crippen LogP contribution in [0.5, 0.6) is 11.5 Å². The van der Waals surface area contributed by atoms with Gasteiger partial charge >= 0.3 is 6.61 Å². The maximum atomic E-state index is 12.5. The van der Waals surface area contributed by atoms with Crippen molar-refractivity contribution in [1.29, 1.82) is 0 Å². The highest BCUT2D eigenvalue weighted by Crippen LogP contribution is 2.29. The third-order valence-electron chi connectivity index (χ3n) is 3.60. The van der Waals surface area contributed by atoms with Crippen molar-refractivity contribution in [3.05, 3.63) is 59.0 Å². The number of nitrogens with zero attached hydrogens (tertiary/aromatic N) is 2. The molecule has 1 aromatic carbocycles. The van der Waals surface area contributed by atoms with Crippen molar-refractivity contribution >= 4 is 23.2 Å². The Bertz CT molecular complexity index is 946. The highest BCUT2D eigenvalue weighted by molar-refractivity contribution is 6.32. The van der Waals surface area contributed by atoms with Crippen LogP contribution in [0.4, 0.5) is 8.78 Å². The van der Waals surface area contributed by atoms with E-state index in [0.717, 1.165) is 0 Å². The van der Waals surface area contributed by atoms with Crippen LogP contribution in [0, 0.1) is 0 Å². The summed E-state index contributed by atoms with van der Waals surface area (Å²) in [5.41, 5.74) is 1.29. The Labute approximate surface area is 152 Å². The van der Waals surface area contributed by atoms with Gasteiger partial charge in [0.2, 0.25) is 0 Å². The van der Waals surface area contributed by atoms with Crippen LogP contribution in [0.25, 0.3) is 5.65 Å². The number of hydrogen-bond acceptors (Lipinski definition) is 4. The van der Waals surface area contributed by atoms with E-state index in [1.807, 2.05) is 0 Å². The van der Waals surface area contributed by atoms with E-state index in [4.69, 9.17) is 16.3 Å². The number of carbonyl (C=O) groups is 1. The van der Waals surface area contributed by atoms with Gasteiger partial charge in [-0.1, -0.05) is 23.7 Å². The first-order chi connectivity index (χ1) is 12.5. The predicted molar refractivity (Wildman–Crippen MR) is 91.0 cm³/mol. The van der Waals surface area contributed by atoms with Crippen molar-refractivity contribution in [2.24, 2.45) is 0 Å². The van der Waals surface area contributed by atoms with Crippen LogP contribution >= 0.6 is 11.6 Å². The zero-order valence-corrected chi connectivity index (χ0v) is 14.3. The van der Waals surface area contributed by atoms with E-state index < -0.39 is 12.5 Å². The number of carbonyl (C=O) groups excluding carboxylic acids is 1. The molecule has 0 saturated carbocycles. The van der Waals surface area contributed by atoms with Gasteiger partial charge < -0.3 is 14.8 Å². The number of pyridine rings is 1. The van der Waals surface area contributed by atoms with Crippen molar-refractivity contribution in [3.63, 3.8) is 0 Å². The maximum Gasteiger partial charge on any atom is 0.387 e. The molecule has 1 amide bonds. The highest BCUT2D eigenvalue weighted by atomic mass is 35.5. The molecule has 0 aliphatic carbocycles. The number of halogens is 3. The summed E-state index contributed by atoms with van der Waals surface area (Å²) in [5.74, 6) is -0.381. The number of rotatable bonds is 6. The van der Waals surface area contributed by atoms with Gasteiger partial charge in [0.1, 0.15) is 5.65 Å². The second kappa shape index (κ2) is 7.57. The fraction of sp³-hybridized carbons (Fsp3) is 0.176. The fourth-order valence-electron chi connectivity index (χ4n) is 2.46. The van der Waals surface area contributed by atoms with E-state index in [1.165, 1.54) is 19.2 Å². The number of amides is 1. The van der Waals surface area contributed by atoms with Crippen molar-refractivity contribution in [2.45, 2.75) is 13.2 Å². The maximum absolute atomic E-state index is 12.5. The van der Waals surface area contributed by atoms with E-state index in [0.29, 0.717) is 11.2 Å².